The number of nitrogens with two attached hydrogens (primary N) is 1. The predicted molar refractivity (Wildman–Crippen MR) is 73.6 cm³/mol. The number of benzene rings is 1. The molecular formula is C13H19ClN2O. The fourth-order valence-electron chi connectivity index (χ4n) is 1.65. The van der Waals surface area contributed by atoms with E-state index in [-0.39, 0.29) is 12.6 Å². The van der Waals surface area contributed by atoms with Gasteiger partial charge in [-0.1, -0.05) is 23.7 Å². The molecule has 0 aliphatic heterocycles. The number of hydrogen-bond acceptors (Lipinski definition) is 3. The minimum atomic E-state index is -0.0350. The lowest BCUT2D eigenvalue weighted by atomic mass is 10.1. The van der Waals surface area contributed by atoms with Crippen LogP contribution in [0.1, 0.15) is 18.5 Å². The molecule has 0 aliphatic rings. The van der Waals surface area contributed by atoms with E-state index >= 15 is 0 Å². The third-order valence-corrected chi connectivity index (χ3v) is 2.86. The van der Waals surface area contributed by atoms with Crippen molar-refractivity contribution < 1.29 is 5.11 Å². The summed E-state index contributed by atoms with van der Waals surface area (Å²) in [6.45, 7) is 6.88. The van der Waals surface area contributed by atoms with Gasteiger partial charge in [0.25, 0.3) is 0 Å². The first kappa shape index (κ1) is 14.0. The highest BCUT2D eigenvalue weighted by molar-refractivity contribution is 6.33. The summed E-state index contributed by atoms with van der Waals surface area (Å²) in [6, 6.07) is 5.72. The summed E-state index contributed by atoms with van der Waals surface area (Å²) in [4.78, 5) is 1.97. The Labute approximate surface area is 107 Å². The van der Waals surface area contributed by atoms with Crippen molar-refractivity contribution in [2.45, 2.75) is 13.0 Å². The van der Waals surface area contributed by atoms with Gasteiger partial charge in [0, 0.05) is 19.1 Å². The molecule has 3 N–H and O–H groups in total. The Balaban J connectivity index is 2.99. The lowest BCUT2D eigenvalue weighted by molar-refractivity contribution is 0.303. The summed E-state index contributed by atoms with van der Waals surface area (Å²) in [5, 5.41) is 9.67. The molecule has 0 bridgehead atoms. The summed E-state index contributed by atoms with van der Waals surface area (Å²) in [6.07, 6.45) is 1.78. The molecule has 17 heavy (non-hydrogen) atoms. The first-order chi connectivity index (χ1) is 8.10. The number of halogens is 1. The Morgan fingerprint density at radius 2 is 2.29 bits per heavy atom. The maximum Gasteiger partial charge on any atom is 0.0643 e. The average molecular weight is 255 g/mol. The molecule has 0 amide bonds. The molecule has 0 spiro atoms. The zero-order valence-corrected chi connectivity index (χ0v) is 10.8. The topological polar surface area (TPSA) is 49.5 Å². The molecule has 0 unspecified atom stereocenters. The van der Waals surface area contributed by atoms with Crippen molar-refractivity contribution in [3.05, 3.63) is 41.4 Å². The summed E-state index contributed by atoms with van der Waals surface area (Å²) >= 11 is 6.23. The molecule has 0 heterocycles. The zero-order chi connectivity index (χ0) is 12.8. The molecule has 0 aromatic heterocycles. The SMILES string of the molecule is C=CCN(CCO)c1ccc([C@@H](C)N)cc1Cl. The second-order valence-electron chi connectivity index (χ2n) is 3.96. The molecule has 4 heteroatoms. The summed E-state index contributed by atoms with van der Waals surface area (Å²) in [5.74, 6) is 0. The van der Waals surface area contributed by atoms with Gasteiger partial charge in [-0.3, -0.25) is 0 Å². The lowest BCUT2D eigenvalue weighted by Crippen LogP contribution is -2.27. The molecule has 1 aromatic carbocycles. The highest BCUT2D eigenvalue weighted by Gasteiger charge is 2.10. The highest BCUT2D eigenvalue weighted by atomic mass is 35.5. The molecule has 0 fully saturated rings. The number of hydrogen-bond donors (Lipinski definition) is 2. The van der Waals surface area contributed by atoms with Crippen molar-refractivity contribution in [1.82, 2.24) is 0 Å². The van der Waals surface area contributed by atoms with E-state index in [4.69, 9.17) is 22.4 Å². The first-order valence-electron chi connectivity index (χ1n) is 5.62. The van der Waals surface area contributed by atoms with Crippen molar-refractivity contribution in [3.63, 3.8) is 0 Å². The van der Waals surface area contributed by atoms with Gasteiger partial charge in [-0.05, 0) is 24.6 Å². The second kappa shape index (κ2) is 6.64. The number of rotatable bonds is 6. The van der Waals surface area contributed by atoms with Crippen LogP contribution in [-0.4, -0.2) is 24.8 Å². The number of aliphatic hydroxyl groups excluding tert-OH is 1. The normalized spacial score (nSPS) is 12.2. The van der Waals surface area contributed by atoms with Gasteiger partial charge in [-0.15, -0.1) is 6.58 Å². The molecule has 0 aliphatic carbocycles. The molecule has 0 saturated heterocycles. The van der Waals surface area contributed by atoms with E-state index in [0.29, 0.717) is 18.1 Å². The van der Waals surface area contributed by atoms with Gasteiger partial charge < -0.3 is 15.7 Å². The van der Waals surface area contributed by atoms with Gasteiger partial charge in [-0.25, -0.2) is 0 Å². The molecule has 1 atom stereocenters. The number of nitrogens with zero attached hydrogens (tertiary/aromatic N) is 1. The van der Waals surface area contributed by atoms with Crippen LogP contribution in [0.5, 0.6) is 0 Å². The van der Waals surface area contributed by atoms with Crippen molar-refractivity contribution in [1.29, 1.82) is 0 Å². The van der Waals surface area contributed by atoms with Crippen molar-refractivity contribution in [2.24, 2.45) is 5.73 Å². The number of anilines is 1. The van der Waals surface area contributed by atoms with Crippen LogP contribution < -0.4 is 10.6 Å². The molecule has 94 valence electrons. The van der Waals surface area contributed by atoms with Crippen LogP contribution in [-0.2, 0) is 0 Å². The van der Waals surface area contributed by atoms with E-state index in [1.807, 2.05) is 30.0 Å². The standard InChI is InChI=1S/C13H19ClN2O/c1-3-6-16(7-8-17)13-5-4-11(10(2)15)9-12(13)14/h3-5,9-10,17H,1,6-8,15H2,2H3/t10-/m1/s1. The van der Waals surface area contributed by atoms with E-state index < -0.39 is 0 Å². The molecular weight excluding hydrogens is 236 g/mol. The van der Waals surface area contributed by atoms with Crippen LogP contribution >= 0.6 is 11.6 Å². The average Bonchev–Trinajstić information content (AvgIpc) is 2.28. The lowest BCUT2D eigenvalue weighted by Gasteiger charge is -2.24. The van der Waals surface area contributed by atoms with Crippen LogP contribution in [0.2, 0.25) is 5.02 Å². The van der Waals surface area contributed by atoms with Gasteiger partial charge >= 0.3 is 0 Å². The summed E-state index contributed by atoms with van der Waals surface area (Å²) < 4.78 is 0. The summed E-state index contributed by atoms with van der Waals surface area (Å²) in [5.41, 5.74) is 7.69. The Morgan fingerprint density at radius 1 is 1.59 bits per heavy atom. The number of aliphatic hydroxyl groups is 1. The Bertz CT molecular complexity index is 380. The van der Waals surface area contributed by atoms with Gasteiger partial charge in [0.2, 0.25) is 0 Å². The second-order valence-corrected chi connectivity index (χ2v) is 4.37. The smallest absolute Gasteiger partial charge is 0.0643 e. The van der Waals surface area contributed by atoms with Crippen LogP contribution in [0.3, 0.4) is 0 Å². The van der Waals surface area contributed by atoms with Gasteiger partial charge in [0.1, 0.15) is 0 Å². The predicted octanol–water partition coefficient (Wildman–Crippen LogP) is 2.34. The molecule has 1 rings (SSSR count). The van der Waals surface area contributed by atoms with E-state index in [1.54, 1.807) is 6.08 Å². The fourth-order valence-corrected chi connectivity index (χ4v) is 1.96. The highest BCUT2D eigenvalue weighted by Crippen LogP contribution is 2.28. The minimum Gasteiger partial charge on any atom is -0.395 e. The molecule has 0 radical (unpaired) electrons. The van der Waals surface area contributed by atoms with Crippen LogP contribution in [0, 0.1) is 0 Å². The minimum absolute atomic E-state index is 0.0350. The van der Waals surface area contributed by atoms with Crippen molar-refractivity contribution >= 4 is 17.3 Å². The fraction of sp³-hybridized carbons (Fsp3) is 0.385. The maximum atomic E-state index is 9.02. The summed E-state index contributed by atoms with van der Waals surface area (Å²) in [7, 11) is 0. The zero-order valence-electron chi connectivity index (χ0n) is 10.1. The van der Waals surface area contributed by atoms with E-state index in [9.17, 15) is 0 Å². The molecule has 1 aromatic rings. The van der Waals surface area contributed by atoms with Gasteiger partial charge in [0.15, 0.2) is 0 Å². The monoisotopic (exact) mass is 254 g/mol. The van der Waals surface area contributed by atoms with E-state index in [2.05, 4.69) is 6.58 Å². The van der Waals surface area contributed by atoms with E-state index in [1.165, 1.54) is 0 Å². The Morgan fingerprint density at radius 3 is 2.76 bits per heavy atom. The Hall–Kier alpha value is -1.03. The maximum absolute atomic E-state index is 9.02. The Kier molecular flexibility index (Phi) is 5.48. The van der Waals surface area contributed by atoms with Crippen molar-refractivity contribution in [2.75, 3.05) is 24.6 Å². The van der Waals surface area contributed by atoms with Gasteiger partial charge in [0.05, 0.1) is 17.3 Å². The quantitative estimate of drug-likeness (QED) is 0.767. The first-order valence-corrected chi connectivity index (χ1v) is 5.99. The van der Waals surface area contributed by atoms with Crippen LogP contribution in [0.15, 0.2) is 30.9 Å². The van der Waals surface area contributed by atoms with E-state index in [0.717, 1.165) is 11.3 Å². The van der Waals surface area contributed by atoms with Crippen molar-refractivity contribution in [3.8, 4) is 0 Å². The largest absolute Gasteiger partial charge is 0.395 e. The third-order valence-electron chi connectivity index (χ3n) is 2.56. The van der Waals surface area contributed by atoms with Crippen LogP contribution in [0.25, 0.3) is 0 Å². The molecule has 0 saturated carbocycles. The third kappa shape index (κ3) is 3.73. The van der Waals surface area contributed by atoms with Gasteiger partial charge in [-0.2, -0.15) is 0 Å². The molecule has 3 nitrogen and oxygen atoms in total. The van der Waals surface area contributed by atoms with Crippen LogP contribution in [0.4, 0.5) is 5.69 Å².